The lowest BCUT2D eigenvalue weighted by molar-refractivity contribution is -0.122. The summed E-state index contributed by atoms with van der Waals surface area (Å²) in [6.07, 6.45) is 5.48. The number of hydrogen-bond donors (Lipinski definition) is 0. The zero-order valence-electron chi connectivity index (χ0n) is 8.25. The predicted octanol–water partition coefficient (Wildman–Crippen LogP) is 2.85. The Balaban J connectivity index is 3.99. The van der Waals surface area contributed by atoms with Crippen LogP contribution in [0.4, 0.5) is 0 Å². The average molecular weight is 179 g/mol. The van der Waals surface area contributed by atoms with Crippen LogP contribution in [-0.4, -0.2) is 5.78 Å². The van der Waals surface area contributed by atoms with E-state index in [2.05, 4.69) is 13.5 Å². The summed E-state index contributed by atoms with van der Waals surface area (Å²) in [7, 11) is 0. The highest BCUT2D eigenvalue weighted by atomic mass is 16.1. The molecule has 13 heavy (non-hydrogen) atoms. The van der Waals surface area contributed by atoms with Gasteiger partial charge in [0.2, 0.25) is 0 Å². The van der Waals surface area contributed by atoms with Crippen LogP contribution in [0.1, 0.15) is 39.0 Å². The van der Waals surface area contributed by atoms with Crippen LogP contribution in [0.25, 0.3) is 0 Å². The van der Waals surface area contributed by atoms with E-state index in [1.54, 1.807) is 0 Å². The second-order valence-electron chi connectivity index (χ2n) is 3.15. The molecule has 1 unspecified atom stereocenters. The van der Waals surface area contributed by atoms with Crippen LogP contribution in [0, 0.1) is 17.2 Å². The fourth-order valence-corrected chi connectivity index (χ4v) is 1.36. The highest BCUT2D eigenvalue weighted by Crippen LogP contribution is 2.16. The second kappa shape index (κ2) is 7.54. The van der Waals surface area contributed by atoms with Crippen molar-refractivity contribution in [2.45, 2.75) is 39.0 Å². The van der Waals surface area contributed by atoms with Gasteiger partial charge in [0.15, 0.2) is 0 Å². The lowest BCUT2D eigenvalue weighted by atomic mass is 9.92. The first-order valence-electron chi connectivity index (χ1n) is 4.76. The average Bonchev–Trinajstić information content (AvgIpc) is 2.12. The maximum Gasteiger partial charge on any atom is 0.149 e. The summed E-state index contributed by atoms with van der Waals surface area (Å²) >= 11 is 0. The molecule has 0 N–H and O–H groups in total. The van der Waals surface area contributed by atoms with Crippen molar-refractivity contribution in [2.75, 3.05) is 0 Å². The van der Waals surface area contributed by atoms with Gasteiger partial charge in [0.05, 0.1) is 12.5 Å². The predicted molar refractivity (Wildman–Crippen MR) is 53.1 cm³/mol. The van der Waals surface area contributed by atoms with Crippen LogP contribution < -0.4 is 0 Å². The smallest absolute Gasteiger partial charge is 0.149 e. The number of ketones is 1. The molecular formula is C11H17NO. The van der Waals surface area contributed by atoms with E-state index in [0.29, 0.717) is 0 Å². The van der Waals surface area contributed by atoms with E-state index >= 15 is 0 Å². The molecule has 2 nitrogen and oxygen atoms in total. The Morgan fingerprint density at radius 1 is 1.62 bits per heavy atom. The van der Waals surface area contributed by atoms with E-state index in [1.807, 2.05) is 12.1 Å². The maximum atomic E-state index is 11.4. The van der Waals surface area contributed by atoms with Crippen molar-refractivity contribution in [3.8, 4) is 6.07 Å². The number of Topliss-reactive ketones (excluding diaryl/α,β-unsaturated/α-hetero) is 1. The van der Waals surface area contributed by atoms with Crippen LogP contribution in [0.2, 0.25) is 0 Å². The lowest BCUT2D eigenvalue weighted by Gasteiger charge is -2.11. The summed E-state index contributed by atoms with van der Waals surface area (Å²) in [5.74, 6) is 0.161. The molecule has 0 aromatic carbocycles. The Morgan fingerprint density at radius 2 is 2.31 bits per heavy atom. The third kappa shape index (κ3) is 5.19. The van der Waals surface area contributed by atoms with E-state index in [4.69, 9.17) is 5.26 Å². The Bertz CT molecular complexity index is 203. The molecule has 0 bridgehead atoms. The van der Waals surface area contributed by atoms with Crippen molar-refractivity contribution in [3.63, 3.8) is 0 Å². The third-order valence-electron chi connectivity index (χ3n) is 2.07. The zero-order valence-corrected chi connectivity index (χ0v) is 8.25. The standard InChI is InChI=1S/C11H17NO/c1-3-5-7-10(6-4-2)11(13)8-9-12/h3,10H,1,4-8H2,2H3. The molecule has 0 spiro atoms. The van der Waals surface area contributed by atoms with E-state index in [0.717, 1.165) is 25.7 Å². The third-order valence-corrected chi connectivity index (χ3v) is 2.07. The number of rotatable bonds is 7. The zero-order chi connectivity index (χ0) is 10.1. The van der Waals surface area contributed by atoms with Crippen molar-refractivity contribution < 1.29 is 4.79 Å². The van der Waals surface area contributed by atoms with Crippen molar-refractivity contribution in [3.05, 3.63) is 12.7 Å². The molecule has 0 saturated heterocycles. The SMILES string of the molecule is C=CCCC(CCC)C(=O)CC#N. The van der Waals surface area contributed by atoms with Gasteiger partial charge in [-0.15, -0.1) is 6.58 Å². The van der Waals surface area contributed by atoms with E-state index in [1.165, 1.54) is 0 Å². The molecule has 0 saturated carbocycles. The Kier molecular flexibility index (Phi) is 6.91. The fourth-order valence-electron chi connectivity index (χ4n) is 1.36. The molecule has 0 radical (unpaired) electrons. The maximum absolute atomic E-state index is 11.4. The Morgan fingerprint density at radius 3 is 2.77 bits per heavy atom. The normalized spacial score (nSPS) is 11.7. The minimum Gasteiger partial charge on any atom is -0.298 e. The molecule has 0 amide bonds. The minimum atomic E-state index is 0.0574. The molecule has 72 valence electrons. The van der Waals surface area contributed by atoms with Gasteiger partial charge < -0.3 is 0 Å². The molecular weight excluding hydrogens is 162 g/mol. The van der Waals surface area contributed by atoms with Crippen LogP contribution in [0.3, 0.4) is 0 Å². The largest absolute Gasteiger partial charge is 0.298 e. The summed E-state index contributed by atoms with van der Waals surface area (Å²) in [4.78, 5) is 11.4. The summed E-state index contributed by atoms with van der Waals surface area (Å²) in [6, 6.07) is 1.91. The molecule has 2 heteroatoms. The van der Waals surface area contributed by atoms with Crippen molar-refractivity contribution in [1.29, 1.82) is 5.26 Å². The number of carbonyl (C=O) groups is 1. The van der Waals surface area contributed by atoms with E-state index in [-0.39, 0.29) is 18.1 Å². The van der Waals surface area contributed by atoms with Crippen LogP contribution >= 0.6 is 0 Å². The number of hydrogen-bond acceptors (Lipinski definition) is 2. The van der Waals surface area contributed by atoms with Gasteiger partial charge in [-0.1, -0.05) is 19.4 Å². The topological polar surface area (TPSA) is 40.9 Å². The number of nitriles is 1. The van der Waals surface area contributed by atoms with Gasteiger partial charge in [0.1, 0.15) is 5.78 Å². The molecule has 0 aliphatic carbocycles. The van der Waals surface area contributed by atoms with Crippen LogP contribution in [-0.2, 0) is 4.79 Å². The molecule has 0 fully saturated rings. The van der Waals surface area contributed by atoms with Crippen molar-refractivity contribution in [2.24, 2.45) is 5.92 Å². The first-order chi connectivity index (χ1) is 6.26. The first-order valence-corrected chi connectivity index (χ1v) is 4.76. The van der Waals surface area contributed by atoms with Gasteiger partial charge in [-0.25, -0.2) is 0 Å². The first kappa shape index (κ1) is 11.9. The Labute approximate surface area is 80.3 Å². The van der Waals surface area contributed by atoms with Gasteiger partial charge in [-0.3, -0.25) is 4.79 Å². The monoisotopic (exact) mass is 179 g/mol. The highest BCUT2D eigenvalue weighted by molar-refractivity contribution is 5.82. The Hall–Kier alpha value is -1.10. The van der Waals surface area contributed by atoms with E-state index < -0.39 is 0 Å². The number of nitrogens with zero attached hydrogens (tertiary/aromatic N) is 1. The van der Waals surface area contributed by atoms with E-state index in [9.17, 15) is 4.79 Å². The summed E-state index contributed by atoms with van der Waals surface area (Å²) in [6.45, 7) is 5.68. The van der Waals surface area contributed by atoms with Crippen molar-refractivity contribution in [1.82, 2.24) is 0 Å². The summed E-state index contributed by atoms with van der Waals surface area (Å²) < 4.78 is 0. The molecule has 0 aromatic heterocycles. The lowest BCUT2D eigenvalue weighted by Crippen LogP contribution is -2.13. The van der Waals surface area contributed by atoms with Crippen LogP contribution in [0.15, 0.2) is 12.7 Å². The van der Waals surface area contributed by atoms with Gasteiger partial charge >= 0.3 is 0 Å². The molecule has 1 atom stereocenters. The molecule has 0 aliphatic rings. The van der Waals surface area contributed by atoms with Gasteiger partial charge in [0.25, 0.3) is 0 Å². The van der Waals surface area contributed by atoms with Crippen LogP contribution in [0.5, 0.6) is 0 Å². The highest BCUT2D eigenvalue weighted by Gasteiger charge is 2.15. The molecule has 0 rings (SSSR count). The molecule has 0 aliphatic heterocycles. The van der Waals surface area contributed by atoms with Gasteiger partial charge in [-0.2, -0.15) is 5.26 Å². The quantitative estimate of drug-likeness (QED) is 0.564. The minimum absolute atomic E-state index is 0.0574. The van der Waals surface area contributed by atoms with Gasteiger partial charge in [-0.05, 0) is 19.3 Å². The summed E-state index contributed by atoms with van der Waals surface area (Å²) in [5.41, 5.74) is 0. The number of allylic oxidation sites excluding steroid dienone is 1. The number of carbonyl (C=O) groups excluding carboxylic acids is 1. The fraction of sp³-hybridized carbons (Fsp3) is 0.636. The summed E-state index contributed by atoms with van der Waals surface area (Å²) in [5, 5.41) is 8.39. The van der Waals surface area contributed by atoms with Gasteiger partial charge in [0, 0.05) is 5.92 Å². The molecule has 0 aromatic rings. The molecule has 0 heterocycles. The van der Waals surface area contributed by atoms with Crippen molar-refractivity contribution >= 4 is 5.78 Å². The second-order valence-corrected chi connectivity index (χ2v) is 3.15.